The number of methoxy groups -OCH3 is 1. The molecule has 2 unspecified atom stereocenters. The van der Waals surface area contributed by atoms with E-state index < -0.39 is 0 Å². The number of ether oxygens (including phenoxy) is 2. The van der Waals surface area contributed by atoms with E-state index in [-0.39, 0.29) is 11.9 Å². The van der Waals surface area contributed by atoms with E-state index in [1.165, 1.54) is 37.7 Å². The van der Waals surface area contributed by atoms with E-state index in [1.54, 1.807) is 7.11 Å². The third-order valence-electron chi connectivity index (χ3n) is 9.72. The molecule has 3 fully saturated rings. The number of nitrogens with two attached hydrogens (primary N) is 1. The van der Waals surface area contributed by atoms with E-state index in [9.17, 15) is 4.79 Å². The van der Waals surface area contributed by atoms with Gasteiger partial charge in [-0.2, -0.15) is 4.99 Å². The van der Waals surface area contributed by atoms with Crippen LogP contribution in [0.1, 0.15) is 78.4 Å². The lowest BCUT2D eigenvalue weighted by molar-refractivity contribution is 0.0985. The van der Waals surface area contributed by atoms with Gasteiger partial charge in [-0.25, -0.2) is 0 Å². The molecule has 3 heterocycles. The summed E-state index contributed by atoms with van der Waals surface area (Å²) >= 11 is 0. The van der Waals surface area contributed by atoms with Gasteiger partial charge in [0.1, 0.15) is 0 Å². The fourth-order valence-corrected chi connectivity index (χ4v) is 7.32. The summed E-state index contributed by atoms with van der Waals surface area (Å²) in [6, 6.07) is 12.7. The second-order valence-corrected chi connectivity index (χ2v) is 12.4. The van der Waals surface area contributed by atoms with Crippen molar-refractivity contribution in [2.75, 3.05) is 60.0 Å². The topological polar surface area (TPSA) is 96.0 Å². The van der Waals surface area contributed by atoms with Crippen LogP contribution in [0.25, 0.3) is 0 Å². The van der Waals surface area contributed by atoms with Crippen molar-refractivity contribution < 1.29 is 14.3 Å². The maximum absolute atomic E-state index is 13.1. The highest BCUT2D eigenvalue weighted by molar-refractivity contribution is 6.15. The third kappa shape index (κ3) is 6.29. The molecule has 9 nitrogen and oxygen atoms in total. The predicted molar refractivity (Wildman–Crippen MR) is 171 cm³/mol. The van der Waals surface area contributed by atoms with Crippen LogP contribution in [0.2, 0.25) is 0 Å². The van der Waals surface area contributed by atoms with E-state index in [2.05, 4.69) is 34.0 Å². The first-order chi connectivity index (χ1) is 20.9. The van der Waals surface area contributed by atoms with Crippen molar-refractivity contribution in [1.82, 2.24) is 14.7 Å². The van der Waals surface area contributed by atoms with Gasteiger partial charge in [0.05, 0.1) is 25.5 Å². The first kappa shape index (κ1) is 29.6. The highest BCUT2D eigenvalue weighted by Gasteiger charge is 2.36. The molecule has 2 atom stereocenters. The number of likely N-dealkylation sites (tertiary alicyclic amines) is 1. The van der Waals surface area contributed by atoms with Crippen LogP contribution in [0.15, 0.2) is 46.4 Å². The van der Waals surface area contributed by atoms with E-state index in [1.807, 2.05) is 36.1 Å². The first-order valence-electron chi connectivity index (χ1n) is 16.0. The first-order valence-corrected chi connectivity index (χ1v) is 16.0. The Labute approximate surface area is 255 Å². The van der Waals surface area contributed by atoms with Gasteiger partial charge >= 0.3 is 0 Å². The minimum absolute atomic E-state index is 0.200. The molecule has 4 aliphatic rings. The quantitative estimate of drug-likeness (QED) is 0.402. The van der Waals surface area contributed by atoms with Crippen molar-refractivity contribution in [3.63, 3.8) is 0 Å². The summed E-state index contributed by atoms with van der Waals surface area (Å²) < 4.78 is 11.7. The molecule has 0 radical (unpaired) electrons. The van der Waals surface area contributed by atoms with Crippen molar-refractivity contribution in [3.05, 3.63) is 58.7 Å². The molecule has 1 saturated carbocycles. The molecule has 6 rings (SSSR count). The van der Waals surface area contributed by atoms with Gasteiger partial charge in [-0.05, 0) is 69.6 Å². The zero-order valence-electron chi connectivity index (χ0n) is 25.9. The summed E-state index contributed by atoms with van der Waals surface area (Å²) in [5.74, 6) is 1.76. The fraction of sp³-hybridized carbons (Fsp3) is 0.559. The van der Waals surface area contributed by atoms with Crippen molar-refractivity contribution in [2.45, 2.75) is 63.5 Å². The SMILES string of the molecule is CCOc1cc2c(cc1OC)C(c1ccc(C(=O)N=C(N)N3CCN(C4CCCCC4)CC3)cc1)=NC1CCN(C)CC21. The van der Waals surface area contributed by atoms with Crippen LogP contribution >= 0.6 is 0 Å². The number of hydrogen-bond acceptors (Lipinski definition) is 6. The highest BCUT2D eigenvalue weighted by Crippen LogP contribution is 2.42. The van der Waals surface area contributed by atoms with Gasteiger partial charge in [-0.1, -0.05) is 31.4 Å². The lowest BCUT2D eigenvalue weighted by Crippen LogP contribution is -2.54. The molecular weight excluding hydrogens is 540 g/mol. The zero-order valence-corrected chi connectivity index (χ0v) is 25.9. The number of amides is 1. The van der Waals surface area contributed by atoms with Crippen molar-refractivity contribution in [2.24, 2.45) is 15.7 Å². The summed E-state index contributed by atoms with van der Waals surface area (Å²) in [4.78, 5) is 29.7. The van der Waals surface area contributed by atoms with Crippen LogP contribution in [-0.2, 0) is 0 Å². The Morgan fingerprint density at radius 2 is 1.74 bits per heavy atom. The smallest absolute Gasteiger partial charge is 0.280 e. The maximum Gasteiger partial charge on any atom is 0.280 e. The van der Waals surface area contributed by atoms with Crippen LogP contribution in [0.5, 0.6) is 11.5 Å². The van der Waals surface area contributed by atoms with Gasteiger partial charge in [0.25, 0.3) is 5.91 Å². The summed E-state index contributed by atoms with van der Waals surface area (Å²) in [5.41, 5.74) is 11.1. The molecule has 1 aliphatic carbocycles. The number of likely N-dealkylation sites (N-methyl/N-ethyl adjacent to an activating group) is 1. The second kappa shape index (κ2) is 13.1. The summed E-state index contributed by atoms with van der Waals surface area (Å²) in [6.07, 6.45) is 7.64. The van der Waals surface area contributed by atoms with Gasteiger partial charge in [-0.15, -0.1) is 0 Å². The minimum atomic E-state index is -0.317. The molecule has 0 aromatic heterocycles. The number of rotatable bonds is 6. The fourth-order valence-electron chi connectivity index (χ4n) is 7.32. The van der Waals surface area contributed by atoms with E-state index in [4.69, 9.17) is 20.2 Å². The van der Waals surface area contributed by atoms with E-state index >= 15 is 0 Å². The minimum Gasteiger partial charge on any atom is -0.493 e. The normalized spacial score (nSPS) is 23.7. The average molecular weight is 587 g/mol. The number of benzene rings is 2. The van der Waals surface area contributed by atoms with E-state index in [0.29, 0.717) is 35.8 Å². The van der Waals surface area contributed by atoms with Crippen molar-refractivity contribution in [1.29, 1.82) is 0 Å². The molecule has 3 aliphatic heterocycles. The standard InChI is InChI=1S/C34H46N6O3/c1-4-43-31-20-26-27(21-30(31)42-3)32(36-29-14-15-38(2)22-28(26)29)23-10-12-24(13-11-23)33(41)37-34(35)40-18-16-39(17-19-40)25-8-6-5-7-9-25/h10-13,20-21,25,28-29H,4-9,14-19,22H2,1-3H3,(H2,35,37,41). The monoisotopic (exact) mass is 586 g/mol. The number of piperidine rings is 1. The lowest BCUT2D eigenvalue weighted by atomic mass is 9.79. The van der Waals surface area contributed by atoms with Crippen molar-refractivity contribution >= 4 is 17.6 Å². The number of fused-ring (bicyclic) bond motifs is 3. The van der Waals surface area contributed by atoms with Gasteiger partial charge in [-0.3, -0.25) is 14.7 Å². The number of aliphatic imine (C=N–C) groups is 2. The number of nitrogens with zero attached hydrogens (tertiary/aromatic N) is 5. The number of carbonyl (C=O) groups excluding carboxylic acids is 1. The van der Waals surface area contributed by atoms with Gasteiger partial charge in [0.2, 0.25) is 0 Å². The molecule has 43 heavy (non-hydrogen) atoms. The Hall–Kier alpha value is -3.43. The van der Waals surface area contributed by atoms with Crippen LogP contribution in [0, 0.1) is 0 Å². The molecule has 2 N–H and O–H groups in total. The molecule has 0 spiro atoms. The third-order valence-corrected chi connectivity index (χ3v) is 9.72. The number of guanidine groups is 1. The molecule has 2 saturated heterocycles. The van der Waals surface area contributed by atoms with Crippen molar-refractivity contribution in [3.8, 4) is 11.5 Å². The van der Waals surface area contributed by atoms with Crippen LogP contribution < -0.4 is 15.2 Å². The molecule has 0 bridgehead atoms. The second-order valence-electron chi connectivity index (χ2n) is 12.4. The summed E-state index contributed by atoms with van der Waals surface area (Å²) in [7, 11) is 3.84. The van der Waals surface area contributed by atoms with Gasteiger partial charge in [0, 0.05) is 61.4 Å². The predicted octanol–water partition coefficient (Wildman–Crippen LogP) is 4.14. The Balaban J connectivity index is 1.19. The molecule has 1 amide bonds. The summed E-state index contributed by atoms with van der Waals surface area (Å²) in [5, 5.41) is 0. The highest BCUT2D eigenvalue weighted by atomic mass is 16.5. The molecule has 230 valence electrons. The Morgan fingerprint density at radius 1 is 1.00 bits per heavy atom. The number of piperazine rings is 1. The Bertz CT molecular complexity index is 1360. The molecule has 2 aromatic rings. The number of hydrogen-bond donors (Lipinski definition) is 1. The number of carbonyl (C=O) groups is 1. The molecule has 9 heteroatoms. The molecule has 2 aromatic carbocycles. The Morgan fingerprint density at radius 3 is 2.44 bits per heavy atom. The average Bonchev–Trinajstić information content (AvgIpc) is 3.05. The van der Waals surface area contributed by atoms with Crippen LogP contribution in [0.3, 0.4) is 0 Å². The van der Waals surface area contributed by atoms with E-state index in [0.717, 1.165) is 68.3 Å². The largest absolute Gasteiger partial charge is 0.493 e. The van der Waals surface area contributed by atoms with Gasteiger partial charge < -0.3 is 25.0 Å². The lowest BCUT2D eigenvalue weighted by Gasteiger charge is -2.41. The zero-order chi connectivity index (χ0) is 29.9. The van der Waals surface area contributed by atoms with Gasteiger partial charge in [0.15, 0.2) is 17.5 Å². The maximum atomic E-state index is 13.1. The van der Waals surface area contributed by atoms with Crippen LogP contribution in [0.4, 0.5) is 0 Å². The van der Waals surface area contributed by atoms with Crippen LogP contribution in [-0.4, -0.2) is 104 Å². The molecular formula is C34H46N6O3. The Kier molecular flexibility index (Phi) is 9.00. The summed E-state index contributed by atoms with van der Waals surface area (Å²) in [6.45, 7) is 8.10.